The lowest BCUT2D eigenvalue weighted by molar-refractivity contribution is 0.471. The largest absolute Gasteiger partial charge is 0.507 e. The first-order valence-corrected chi connectivity index (χ1v) is 8.28. The Balaban J connectivity index is 2.02. The van der Waals surface area contributed by atoms with Gasteiger partial charge in [-0.25, -0.2) is 0 Å². The van der Waals surface area contributed by atoms with E-state index in [0.717, 1.165) is 6.07 Å². The molecule has 0 saturated heterocycles. The zero-order valence-electron chi connectivity index (χ0n) is 12.3. The van der Waals surface area contributed by atoms with Crippen molar-refractivity contribution in [3.63, 3.8) is 0 Å². The first-order valence-electron chi connectivity index (χ1n) is 6.84. The molecule has 3 rings (SSSR count). The van der Waals surface area contributed by atoms with E-state index in [4.69, 9.17) is 10.3 Å². The molecule has 3 aromatic rings. The minimum Gasteiger partial charge on any atom is -0.507 e. The normalized spacial score (nSPS) is 12.0. The standard InChI is InChI=1S/C16H13N3O4S/c17-11-1-3-12(4-2-11)18-19-13-5-6-15-10(7-13)8-14(9-16(15)20)24(21,22)23/h1-9,20H,17H2,(H,21,22,23). The number of hydrogen-bond donors (Lipinski definition) is 3. The lowest BCUT2D eigenvalue weighted by atomic mass is 10.1. The molecule has 0 fully saturated rings. The third-order valence-electron chi connectivity index (χ3n) is 3.36. The van der Waals surface area contributed by atoms with Crippen LogP contribution in [0.5, 0.6) is 5.75 Å². The summed E-state index contributed by atoms with van der Waals surface area (Å²) in [6, 6.07) is 13.9. The molecule has 3 aromatic carbocycles. The summed E-state index contributed by atoms with van der Waals surface area (Å²) in [6.07, 6.45) is 0. The van der Waals surface area contributed by atoms with E-state index in [1.54, 1.807) is 42.5 Å². The molecule has 0 amide bonds. The van der Waals surface area contributed by atoms with Gasteiger partial charge in [0.15, 0.2) is 0 Å². The molecule has 0 radical (unpaired) electrons. The van der Waals surface area contributed by atoms with E-state index in [0.29, 0.717) is 27.8 Å². The van der Waals surface area contributed by atoms with Crippen molar-refractivity contribution in [2.24, 2.45) is 10.2 Å². The average molecular weight is 343 g/mol. The quantitative estimate of drug-likeness (QED) is 0.379. The second-order valence-corrected chi connectivity index (χ2v) is 6.54. The van der Waals surface area contributed by atoms with Gasteiger partial charge < -0.3 is 10.8 Å². The molecule has 4 N–H and O–H groups in total. The van der Waals surface area contributed by atoms with Gasteiger partial charge in [0, 0.05) is 17.1 Å². The predicted molar refractivity (Wildman–Crippen MR) is 90.5 cm³/mol. The molecule has 122 valence electrons. The number of nitrogen functional groups attached to an aromatic ring is 1. The smallest absolute Gasteiger partial charge is 0.294 e. The molecule has 0 unspecified atom stereocenters. The van der Waals surface area contributed by atoms with E-state index in [9.17, 15) is 13.5 Å². The average Bonchev–Trinajstić information content (AvgIpc) is 2.53. The molecule has 0 saturated carbocycles. The highest BCUT2D eigenvalue weighted by atomic mass is 32.2. The Bertz CT molecular complexity index is 1040. The van der Waals surface area contributed by atoms with Gasteiger partial charge in [0.05, 0.1) is 16.3 Å². The van der Waals surface area contributed by atoms with Crippen LogP contribution < -0.4 is 5.73 Å². The molecule has 0 heterocycles. The van der Waals surface area contributed by atoms with Crippen molar-refractivity contribution in [2.75, 3.05) is 5.73 Å². The van der Waals surface area contributed by atoms with Crippen molar-refractivity contribution in [2.45, 2.75) is 4.90 Å². The van der Waals surface area contributed by atoms with Crippen LogP contribution in [0.2, 0.25) is 0 Å². The van der Waals surface area contributed by atoms with Gasteiger partial charge in [-0.3, -0.25) is 4.55 Å². The first kappa shape index (κ1) is 15.9. The summed E-state index contributed by atoms with van der Waals surface area (Å²) in [6.45, 7) is 0. The van der Waals surface area contributed by atoms with Crippen LogP contribution in [-0.4, -0.2) is 18.1 Å². The monoisotopic (exact) mass is 343 g/mol. The molecule has 8 heteroatoms. The van der Waals surface area contributed by atoms with E-state index < -0.39 is 10.1 Å². The summed E-state index contributed by atoms with van der Waals surface area (Å²) in [5.74, 6) is -0.248. The Morgan fingerprint density at radius 3 is 2.17 bits per heavy atom. The summed E-state index contributed by atoms with van der Waals surface area (Å²) >= 11 is 0. The zero-order valence-corrected chi connectivity index (χ0v) is 13.1. The van der Waals surface area contributed by atoms with Crippen molar-refractivity contribution < 1.29 is 18.1 Å². The molecule has 24 heavy (non-hydrogen) atoms. The Hall–Kier alpha value is -2.97. The molecular formula is C16H13N3O4S. The Morgan fingerprint density at radius 2 is 1.50 bits per heavy atom. The van der Waals surface area contributed by atoms with Gasteiger partial charge in [0.1, 0.15) is 5.75 Å². The van der Waals surface area contributed by atoms with Crippen molar-refractivity contribution in [3.05, 3.63) is 54.6 Å². The number of hydrogen-bond acceptors (Lipinski definition) is 6. The van der Waals surface area contributed by atoms with Crippen LogP contribution in [0, 0.1) is 0 Å². The molecule has 0 bridgehead atoms. The first-order chi connectivity index (χ1) is 11.3. The molecule has 0 spiro atoms. The molecule has 0 aliphatic heterocycles. The highest BCUT2D eigenvalue weighted by molar-refractivity contribution is 7.85. The zero-order chi connectivity index (χ0) is 17.3. The maximum absolute atomic E-state index is 11.2. The van der Waals surface area contributed by atoms with Crippen molar-refractivity contribution in [1.82, 2.24) is 0 Å². The van der Waals surface area contributed by atoms with E-state index >= 15 is 0 Å². The van der Waals surface area contributed by atoms with Gasteiger partial charge in [-0.05, 0) is 53.9 Å². The number of nitrogens with zero attached hydrogens (tertiary/aromatic N) is 2. The summed E-state index contributed by atoms with van der Waals surface area (Å²) in [7, 11) is -4.41. The van der Waals surface area contributed by atoms with Gasteiger partial charge >= 0.3 is 0 Å². The Kier molecular flexibility index (Phi) is 3.92. The van der Waals surface area contributed by atoms with E-state index in [1.165, 1.54) is 6.07 Å². The van der Waals surface area contributed by atoms with E-state index in [1.807, 2.05) is 0 Å². The molecule has 0 aliphatic carbocycles. The molecular weight excluding hydrogens is 330 g/mol. The van der Waals surface area contributed by atoms with Crippen molar-refractivity contribution in [1.29, 1.82) is 0 Å². The highest BCUT2D eigenvalue weighted by Crippen LogP contribution is 2.31. The lowest BCUT2D eigenvalue weighted by Gasteiger charge is -2.05. The number of phenols is 1. The topological polar surface area (TPSA) is 125 Å². The third kappa shape index (κ3) is 3.34. The fraction of sp³-hybridized carbons (Fsp3) is 0. The number of benzene rings is 3. The van der Waals surface area contributed by atoms with Crippen molar-refractivity contribution >= 4 is 38.0 Å². The van der Waals surface area contributed by atoms with Crippen molar-refractivity contribution in [3.8, 4) is 5.75 Å². The lowest BCUT2D eigenvalue weighted by Crippen LogP contribution is -1.97. The van der Waals surface area contributed by atoms with Crippen LogP contribution in [0.15, 0.2) is 69.7 Å². The Morgan fingerprint density at radius 1 is 0.875 bits per heavy atom. The van der Waals surface area contributed by atoms with Crippen LogP contribution in [0.4, 0.5) is 17.1 Å². The Labute approximate surface area is 137 Å². The molecule has 0 aliphatic rings. The van der Waals surface area contributed by atoms with Crippen LogP contribution in [-0.2, 0) is 10.1 Å². The number of fused-ring (bicyclic) bond motifs is 1. The minimum atomic E-state index is -4.41. The summed E-state index contributed by atoms with van der Waals surface area (Å²) < 4.78 is 31.6. The second-order valence-electron chi connectivity index (χ2n) is 5.11. The number of azo groups is 1. The van der Waals surface area contributed by atoms with Gasteiger partial charge in [-0.15, -0.1) is 0 Å². The minimum absolute atomic E-state index is 0.248. The van der Waals surface area contributed by atoms with Gasteiger partial charge in [0.25, 0.3) is 10.1 Å². The molecule has 0 aromatic heterocycles. The van der Waals surface area contributed by atoms with Crippen LogP contribution in [0.1, 0.15) is 0 Å². The number of phenolic OH excluding ortho intramolecular Hbond substituents is 1. The van der Waals surface area contributed by atoms with Crippen LogP contribution in [0.3, 0.4) is 0 Å². The number of nitrogens with two attached hydrogens (primary N) is 1. The second kappa shape index (κ2) is 5.91. The SMILES string of the molecule is Nc1ccc(N=Nc2ccc3c(O)cc(S(=O)(=O)O)cc3c2)cc1. The number of aromatic hydroxyl groups is 1. The molecule has 7 nitrogen and oxygen atoms in total. The number of anilines is 1. The summed E-state index contributed by atoms with van der Waals surface area (Å²) in [5, 5.41) is 18.9. The predicted octanol–water partition coefficient (Wildman–Crippen LogP) is 3.79. The van der Waals surface area contributed by atoms with Gasteiger partial charge in [-0.2, -0.15) is 18.6 Å². The van der Waals surface area contributed by atoms with Crippen LogP contribution in [0.25, 0.3) is 10.8 Å². The van der Waals surface area contributed by atoms with E-state index in [2.05, 4.69) is 10.2 Å². The summed E-state index contributed by atoms with van der Waals surface area (Å²) in [5.41, 5.74) is 7.29. The summed E-state index contributed by atoms with van der Waals surface area (Å²) in [4.78, 5) is -0.389. The highest BCUT2D eigenvalue weighted by Gasteiger charge is 2.13. The maximum atomic E-state index is 11.2. The third-order valence-corrected chi connectivity index (χ3v) is 4.19. The maximum Gasteiger partial charge on any atom is 0.294 e. The molecule has 0 atom stereocenters. The number of rotatable bonds is 3. The van der Waals surface area contributed by atoms with Crippen LogP contribution >= 0.6 is 0 Å². The fourth-order valence-electron chi connectivity index (χ4n) is 2.18. The van der Waals surface area contributed by atoms with E-state index in [-0.39, 0.29) is 10.6 Å². The van der Waals surface area contributed by atoms with Gasteiger partial charge in [0.2, 0.25) is 0 Å². The fourth-order valence-corrected chi connectivity index (χ4v) is 2.71. The van der Waals surface area contributed by atoms with Gasteiger partial charge in [-0.1, -0.05) is 0 Å².